The van der Waals surface area contributed by atoms with Crippen LogP contribution in [0, 0.1) is 21.4 Å². The van der Waals surface area contributed by atoms with Crippen molar-refractivity contribution in [2.75, 3.05) is 18.8 Å². The van der Waals surface area contributed by atoms with E-state index in [1.807, 2.05) is 0 Å². The highest BCUT2D eigenvalue weighted by molar-refractivity contribution is 8.00. The summed E-state index contributed by atoms with van der Waals surface area (Å²) in [6.07, 6.45) is 1.16. The number of non-ortho nitro benzene ring substituents is 1. The molecule has 1 aliphatic rings. The molecule has 2 unspecified atom stereocenters. The van der Waals surface area contributed by atoms with Gasteiger partial charge < -0.3 is 20.7 Å². The van der Waals surface area contributed by atoms with Gasteiger partial charge in [0.05, 0.1) is 17.0 Å². The van der Waals surface area contributed by atoms with Gasteiger partial charge in [-0.25, -0.2) is 4.79 Å². The lowest BCUT2D eigenvalue weighted by Crippen LogP contribution is -2.45. The van der Waals surface area contributed by atoms with Crippen molar-refractivity contribution >= 4 is 29.4 Å². The first-order valence-corrected chi connectivity index (χ1v) is 10.2. The zero-order chi connectivity index (χ0) is 21.2. The molecule has 2 amide bonds. The van der Waals surface area contributed by atoms with Gasteiger partial charge >= 0.3 is 6.09 Å². The highest BCUT2D eigenvalue weighted by Crippen LogP contribution is 2.23. The van der Waals surface area contributed by atoms with Gasteiger partial charge in [-0.2, -0.15) is 5.26 Å². The third kappa shape index (κ3) is 6.92. The van der Waals surface area contributed by atoms with Crippen molar-refractivity contribution in [2.45, 2.75) is 37.3 Å². The molecule has 156 valence electrons. The van der Waals surface area contributed by atoms with E-state index in [9.17, 15) is 19.7 Å². The van der Waals surface area contributed by atoms with Gasteiger partial charge in [0, 0.05) is 31.0 Å². The molecule has 1 aliphatic heterocycles. The second-order valence-corrected chi connectivity index (χ2v) is 7.60. The lowest BCUT2D eigenvalue weighted by molar-refractivity contribution is -0.384. The third-order valence-electron chi connectivity index (χ3n) is 4.33. The van der Waals surface area contributed by atoms with Crippen molar-refractivity contribution < 1.29 is 19.2 Å². The molecule has 11 heteroatoms. The van der Waals surface area contributed by atoms with Crippen LogP contribution in [0.5, 0.6) is 0 Å². The number of hydrogen-bond acceptors (Lipinski definition) is 8. The van der Waals surface area contributed by atoms with Crippen LogP contribution in [-0.4, -0.2) is 52.1 Å². The lowest BCUT2D eigenvalue weighted by Gasteiger charge is -2.22. The van der Waals surface area contributed by atoms with Crippen LogP contribution >= 0.6 is 11.8 Å². The van der Waals surface area contributed by atoms with Crippen LogP contribution in [-0.2, 0) is 16.1 Å². The third-order valence-corrected chi connectivity index (χ3v) is 5.42. The van der Waals surface area contributed by atoms with Gasteiger partial charge in [-0.3, -0.25) is 14.9 Å². The molecule has 1 fully saturated rings. The summed E-state index contributed by atoms with van der Waals surface area (Å²) in [5.41, 5.74) is 6.55. The standard InChI is InChI=1S/C18H23N5O5S/c19-11-16-22(9-10-29-16)17(24)15(20)3-1-2-8-21-18(25)28-12-13-4-6-14(7-5-13)23(26)27/h4-7,15-16H,1-3,8-10,12,20H2,(H,21,25). The topological polar surface area (TPSA) is 152 Å². The highest BCUT2D eigenvalue weighted by Gasteiger charge is 2.31. The lowest BCUT2D eigenvalue weighted by atomic mass is 10.1. The van der Waals surface area contributed by atoms with E-state index in [0.29, 0.717) is 37.9 Å². The molecule has 1 aromatic rings. The number of nitrogens with one attached hydrogen (secondary N) is 1. The first kappa shape index (κ1) is 22.4. The molecule has 2 rings (SSSR count). The molecule has 1 heterocycles. The van der Waals surface area contributed by atoms with Gasteiger partial charge in [0.15, 0.2) is 5.37 Å². The Labute approximate surface area is 172 Å². The summed E-state index contributed by atoms with van der Waals surface area (Å²) >= 11 is 1.43. The number of rotatable bonds is 9. The van der Waals surface area contributed by atoms with Gasteiger partial charge in [0.25, 0.3) is 5.69 Å². The van der Waals surface area contributed by atoms with Crippen LogP contribution in [0.2, 0.25) is 0 Å². The number of hydrogen-bond donors (Lipinski definition) is 2. The number of carbonyl (C=O) groups excluding carboxylic acids is 2. The van der Waals surface area contributed by atoms with Crippen LogP contribution in [0.4, 0.5) is 10.5 Å². The fourth-order valence-corrected chi connectivity index (χ4v) is 3.72. The number of thioether (sulfide) groups is 1. The number of nitro benzene ring substituents is 1. The van der Waals surface area contributed by atoms with Gasteiger partial charge in [0.2, 0.25) is 5.91 Å². The number of ether oxygens (including phenoxy) is 1. The Morgan fingerprint density at radius 1 is 1.41 bits per heavy atom. The Morgan fingerprint density at radius 3 is 2.79 bits per heavy atom. The Hall–Kier alpha value is -2.84. The SMILES string of the molecule is N#CC1SCCN1C(=O)C(N)CCCCNC(=O)OCc1ccc([N+](=O)[O-])cc1. The average Bonchev–Trinajstić information content (AvgIpc) is 3.20. The van der Waals surface area contributed by atoms with Gasteiger partial charge in [-0.05, 0) is 37.0 Å². The molecule has 0 radical (unpaired) electrons. The van der Waals surface area contributed by atoms with Crippen molar-refractivity contribution in [3.05, 3.63) is 39.9 Å². The monoisotopic (exact) mass is 421 g/mol. The van der Waals surface area contributed by atoms with Crippen LogP contribution in [0.3, 0.4) is 0 Å². The number of carbonyl (C=O) groups is 2. The smallest absolute Gasteiger partial charge is 0.407 e. The van der Waals surface area contributed by atoms with Crippen molar-refractivity contribution in [3.8, 4) is 6.07 Å². The Balaban J connectivity index is 1.58. The molecule has 3 N–H and O–H groups in total. The molecular weight excluding hydrogens is 398 g/mol. The number of benzene rings is 1. The van der Waals surface area contributed by atoms with E-state index < -0.39 is 22.4 Å². The van der Waals surface area contributed by atoms with Crippen molar-refractivity contribution in [2.24, 2.45) is 5.73 Å². The van der Waals surface area contributed by atoms with E-state index in [-0.39, 0.29) is 18.2 Å². The van der Waals surface area contributed by atoms with Crippen molar-refractivity contribution in [1.82, 2.24) is 10.2 Å². The molecule has 0 saturated carbocycles. The Bertz CT molecular complexity index is 767. The van der Waals surface area contributed by atoms with Gasteiger partial charge in [-0.15, -0.1) is 11.8 Å². The Kier molecular flexibility index (Phi) is 8.69. The molecule has 2 atom stereocenters. The summed E-state index contributed by atoms with van der Waals surface area (Å²) in [5, 5.41) is 21.8. The summed E-state index contributed by atoms with van der Waals surface area (Å²) in [6, 6.07) is 7.19. The zero-order valence-electron chi connectivity index (χ0n) is 15.8. The minimum Gasteiger partial charge on any atom is -0.445 e. The van der Waals surface area contributed by atoms with Crippen LogP contribution < -0.4 is 11.1 Å². The number of alkyl carbamates (subject to hydrolysis) is 1. The van der Waals surface area contributed by atoms with Crippen LogP contribution in [0.25, 0.3) is 0 Å². The second-order valence-electron chi connectivity index (χ2n) is 6.41. The number of unbranched alkanes of at least 4 members (excludes halogenated alkanes) is 1. The molecular formula is C18H23N5O5S. The summed E-state index contributed by atoms with van der Waals surface area (Å²) < 4.78 is 5.05. The fraction of sp³-hybridized carbons (Fsp3) is 0.500. The summed E-state index contributed by atoms with van der Waals surface area (Å²) in [7, 11) is 0. The van der Waals surface area contributed by atoms with Crippen LogP contribution in [0.1, 0.15) is 24.8 Å². The molecule has 0 aliphatic carbocycles. The molecule has 10 nitrogen and oxygen atoms in total. The summed E-state index contributed by atoms with van der Waals surface area (Å²) in [5.74, 6) is 0.528. The van der Waals surface area contributed by atoms with Crippen LogP contribution in [0.15, 0.2) is 24.3 Å². The maximum atomic E-state index is 12.3. The quantitative estimate of drug-likeness (QED) is 0.347. The summed E-state index contributed by atoms with van der Waals surface area (Å²) in [4.78, 5) is 35.6. The van der Waals surface area contributed by atoms with Gasteiger partial charge in [0.1, 0.15) is 6.61 Å². The van der Waals surface area contributed by atoms with Crippen molar-refractivity contribution in [1.29, 1.82) is 5.26 Å². The fourth-order valence-electron chi connectivity index (χ4n) is 2.73. The molecule has 1 aromatic carbocycles. The maximum absolute atomic E-state index is 12.3. The van der Waals surface area contributed by atoms with E-state index in [4.69, 9.17) is 15.7 Å². The highest BCUT2D eigenvalue weighted by atomic mass is 32.2. The minimum absolute atomic E-state index is 0.0110. The second kappa shape index (κ2) is 11.2. The van der Waals surface area contributed by atoms with E-state index >= 15 is 0 Å². The van der Waals surface area contributed by atoms with E-state index in [2.05, 4.69) is 11.4 Å². The average molecular weight is 421 g/mol. The maximum Gasteiger partial charge on any atom is 0.407 e. The predicted molar refractivity (Wildman–Crippen MR) is 107 cm³/mol. The number of amides is 2. The zero-order valence-corrected chi connectivity index (χ0v) is 16.6. The van der Waals surface area contributed by atoms with Gasteiger partial charge in [-0.1, -0.05) is 0 Å². The molecule has 29 heavy (non-hydrogen) atoms. The molecule has 0 bridgehead atoms. The van der Waals surface area contributed by atoms with E-state index in [0.717, 1.165) is 5.75 Å². The van der Waals surface area contributed by atoms with E-state index in [1.54, 1.807) is 0 Å². The number of nitrogens with zero attached hydrogens (tertiary/aromatic N) is 3. The number of nitriles is 1. The number of nitrogens with two attached hydrogens (primary N) is 1. The first-order chi connectivity index (χ1) is 13.9. The minimum atomic E-state index is -0.654. The normalized spacial score (nSPS) is 16.7. The first-order valence-electron chi connectivity index (χ1n) is 9.13. The number of nitro groups is 1. The largest absolute Gasteiger partial charge is 0.445 e. The predicted octanol–water partition coefficient (Wildman–Crippen LogP) is 1.74. The molecule has 0 spiro atoms. The summed E-state index contributed by atoms with van der Waals surface area (Å²) in [6.45, 7) is 0.926. The molecule has 0 aromatic heterocycles. The Morgan fingerprint density at radius 2 is 2.14 bits per heavy atom. The van der Waals surface area contributed by atoms with E-state index in [1.165, 1.54) is 40.9 Å². The molecule has 1 saturated heterocycles. The van der Waals surface area contributed by atoms with Crippen molar-refractivity contribution in [3.63, 3.8) is 0 Å².